The summed E-state index contributed by atoms with van der Waals surface area (Å²) in [7, 11) is 0. The molecule has 0 bridgehead atoms. The average Bonchev–Trinajstić information content (AvgIpc) is 2.62. The first-order chi connectivity index (χ1) is 7.97. The summed E-state index contributed by atoms with van der Waals surface area (Å²) in [5.41, 5.74) is 0.271. The Labute approximate surface area is 106 Å². The number of carbonyl (C=O) groups excluding carboxylic acids is 1. The maximum absolute atomic E-state index is 11.6. The second-order valence-corrected chi connectivity index (χ2v) is 7.00. The molecule has 98 valence electrons. The van der Waals surface area contributed by atoms with Crippen LogP contribution in [-0.2, 0) is 4.79 Å². The Morgan fingerprint density at radius 1 is 1.24 bits per heavy atom. The zero-order valence-corrected chi connectivity index (χ0v) is 11.7. The van der Waals surface area contributed by atoms with Crippen molar-refractivity contribution < 1.29 is 4.79 Å². The van der Waals surface area contributed by atoms with E-state index in [0.29, 0.717) is 5.54 Å². The molecule has 2 fully saturated rings. The summed E-state index contributed by atoms with van der Waals surface area (Å²) in [6.07, 6.45) is 8.50. The van der Waals surface area contributed by atoms with Gasteiger partial charge in [0.25, 0.3) is 0 Å². The van der Waals surface area contributed by atoms with Crippen LogP contribution in [0.5, 0.6) is 0 Å². The third-order valence-corrected chi connectivity index (χ3v) is 5.10. The van der Waals surface area contributed by atoms with Crippen LogP contribution in [0.2, 0.25) is 0 Å². The van der Waals surface area contributed by atoms with Crippen LogP contribution in [0.4, 0.5) is 0 Å². The monoisotopic (exact) mass is 237 g/mol. The van der Waals surface area contributed by atoms with Crippen LogP contribution >= 0.6 is 0 Å². The molecule has 0 aromatic rings. The van der Waals surface area contributed by atoms with E-state index in [1.54, 1.807) is 0 Å². The van der Waals surface area contributed by atoms with Gasteiger partial charge in [0.2, 0.25) is 0 Å². The van der Waals surface area contributed by atoms with Gasteiger partial charge in [-0.05, 0) is 64.8 Å². The Bertz CT molecular complexity index is 277. The first kappa shape index (κ1) is 13.1. The molecule has 0 amide bonds. The molecule has 0 spiro atoms. The lowest BCUT2D eigenvalue weighted by atomic mass is 9.71. The second-order valence-electron chi connectivity index (χ2n) is 7.00. The lowest BCUT2D eigenvalue weighted by molar-refractivity contribution is -0.120. The van der Waals surface area contributed by atoms with Crippen molar-refractivity contribution in [3.8, 4) is 0 Å². The highest BCUT2D eigenvalue weighted by molar-refractivity contribution is 5.60. The van der Waals surface area contributed by atoms with Gasteiger partial charge in [-0.2, -0.15) is 0 Å². The first-order valence-electron chi connectivity index (χ1n) is 7.19. The molecule has 1 aliphatic carbocycles. The van der Waals surface area contributed by atoms with Crippen molar-refractivity contribution in [2.45, 2.75) is 64.8 Å². The summed E-state index contributed by atoms with van der Waals surface area (Å²) in [5.74, 6) is 0.815. The maximum atomic E-state index is 11.6. The quantitative estimate of drug-likeness (QED) is 0.702. The normalized spacial score (nSPS) is 38.2. The van der Waals surface area contributed by atoms with Crippen LogP contribution in [0, 0.1) is 11.3 Å². The minimum absolute atomic E-state index is 0.0336. The average molecular weight is 237 g/mol. The molecule has 0 N–H and O–H groups in total. The van der Waals surface area contributed by atoms with E-state index in [2.05, 4.69) is 25.7 Å². The number of nitrogens with zero attached hydrogens (tertiary/aromatic N) is 1. The summed E-state index contributed by atoms with van der Waals surface area (Å²) in [5, 5.41) is 0. The Hall–Kier alpha value is -0.370. The van der Waals surface area contributed by atoms with Crippen molar-refractivity contribution in [1.82, 2.24) is 4.90 Å². The lowest BCUT2D eigenvalue weighted by Crippen LogP contribution is -2.47. The van der Waals surface area contributed by atoms with Gasteiger partial charge in [-0.3, -0.25) is 4.90 Å². The smallest absolute Gasteiger partial charge is 0.127 e. The van der Waals surface area contributed by atoms with E-state index in [1.807, 2.05) is 0 Å². The molecule has 1 saturated heterocycles. The van der Waals surface area contributed by atoms with Crippen molar-refractivity contribution >= 4 is 6.29 Å². The molecular formula is C15H27NO. The third-order valence-electron chi connectivity index (χ3n) is 5.10. The van der Waals surface area contributed by atoms with Crippen LogP contribution in [0.3, 0.4) is 0 Å². The number of aldehydes is 1. The van der Waals surface area contributed by atoms with Crippen molar-refractivity contribution in [3.05, 3.63) is 0 Å². The summed E-state index contributed by atoms with van der Waals surface area (Å²) in [4.78, 5) is 14.1. The zero-order valence-electron chi connectivity index (χ0n) is 11.7. The fourth-order valence-corrected chi connectivity index (χ4v) is 3.49. The number of hydrogen-bond acceptors (Lipinski definition) is 2. The van der Waals surface area contributed by atoms with Crippen molar-refractivity contribution in [2.24, 2.45) is 11.3 Å². The zero-order chi connectivity index (χ0) is 12.5. The van der Waals surface area contributed by atoms with E-state index < -0.39 is 0 Å². The number of rotatable bonds is 3. The van der Waals surface area contributed by atoms with E-state index >= 15 is 0 Å². The van der Waals surface area contributed by atoms with Gasteiger partial charge in [0.1, 0.15) is 6.29 Å². The van der Waals surface area contributed by atoms with E-state index in [0.717, 1.165) is 25.3 Å². The highest BCUT2D eigenvalue weighted by Crippen LogP contribution is 2.40. The first-order valence-corrected chi connectivity index (χ1v) is 7.19. The Morgan fingerprint density at radius 3 is 2.35 bits per heavy atom. The molecule has 2 heteroatoms. The minimum atomic E-state index is -0.0336. The van der Waals surface area contributed by atoms with Crippen LogP contribution in [0.1, 0.15) is 59.3 Å². The van der Waals surface area contributed by atoms with Gasteiger partial charge in [-0.15, -0.1) is 0 Å². The Kier molecular flexibility index (Phi) is 3.63. The topological polar surface area (TPSA) is 20.3 Å². The molecule has 0 aromatic heterocycles. The van der Waals surface area contributed by atoms with Gasteiger partial charge in [-0.25, -0.2) is 0 Å². The van der Waals surface area contributed by atoms with Crippen molar-refractivity contribution in [3.63, 3.8) is 0 Å². The van der Waals surface area contributed by atoms with E-state index in [9.17, 15) is 4.79 Å². The van der Waals surface area contributed by atoms with Crippen LogP contribution in [0.15, 0.2) is 0 Å². The molecule has 17 heavy (non-hydrogen) atoms. The highest BCUT2D eigenvalue weighted by atomic mass is 16.1. The van der Waals surface area contributed by atoms with E-state index in [-0.39, 0.29) is 5.41 Å². The summed E-state index contributed by atoms with van der Waals surface area (Å²) < 4.78 is 0. The largest absolute Gasteiger partial charge is 0.303 e. The molecule has 0 radical (unpaired) electrons. The predicted octanol–water partition coefficient (Wildman–Crippen LogP) is 3.26. The van der Waals surface area contributed by atoms with Crippen molar-refractivity contribution in [1.29, 1.82) is 0 Å². The molecule has 1 aliphatic heterocycles. The fraction of sp³-hybridized carbons (Fsp3) is 0.933. The van der Waals surface area contributed by atoms with Crippen molar-refractivity contribution in [2.75, 3.05) is 13.1 Å². The number of carbonyl (C=O) groups is 1. The van der Waals surface area contributed by atoms with Gasteiger partial charge < -0.3 is 4.79 Å². The highest BCUT2D eigenvalue weighted by Gasteiger charge is 2.40. The van der Waals surface area contributed by atoms with Crippen LogP contribution < -0.4 is 0 Å². The van der Waals surface area contributed by atoms with E-state index in [1.165, 1.54) is 38.5 Å². The van der Waals surface area contributed by atoms with Crippen LogP contribution in [-0.4, -0.2) is 29.8 Å². The summed E-state index contributed by atoms with van der Waals surface area (Å²) in [6, 6.07) is 0. The van der Waals surface area contributed by atoms with Gasteiger partial charge >= 0.3 is 0 Å². The van der Waals surface area contributed by atoms with Gasteiger partial charge in [-0.1, -0.05) is 6.92 Å². The molecule has 0 atom stereocenters. The number of hydrogen-bond donors (Lipinski definition) is 0. The molecule has 2 aliphatic rings. The molecule has 0 aromatic carbocycles. The lowest BCUT2D eigenvalue weighted by Gasteiger charge is -2.42. The molecule has 1 saturated carbocycles. The maximum Gasteiger partial charge on any atom is 0.127 e. The number of likely N-dealkylation sites (tertiary alicyclic amines) is 1. The molecule has 0 unspecified atom stereocenters. The molecule has 1 heterocycles. The molecule has 2 nitrogen and oxygen atoms in total. The fourth-order valence-electron chi connectivity index (χ4n) is 3.49. The van der Waals surface area contributed by atoms with Gasteiger partial charge in [0, 0.05) is 17.5 Å². The van der Waals surface area contributed by atoms with E-state index in [4.69, 9.17) is 0 Å². The standard InChI is InChI=1S/C15H27NO/c1-13-5-8-15(12-17,9-6-13)11-16-10-4-7-14(16,2)3/h12-13H,4-11H2,1-3H3. The van der Waals surface area contributed by atoms with Crippen LogP contribution in [0.25, 0.3) is 0 Å². The molecule has 2 rings (SSSR count). The second kappa shape index (κ2) is 4.72. The predicted molar refractivity (Wildman–Crippen MR) is 71.0 cm³/mol. The van der Waals surface area contributed by atoms with Gasteiger partial charge in [0.05, 0.1) is 0 Å². The summed E-state index contributed by atoms with van der Waals surface area (Å²) in [6.45, 7) is 9.14. The van der Waals surface area contributed by atoms with Gasteiger partial charge in [0.15, 0.2) is 0 Å². The third kappa shape index (κ3) is 2.73. The minimum Gasteiger partial charge on any atom is -0.303 e. The Balaban J connectivity index is 2.02. The molecular weight excluding hydrogens is 210 g/mol. The Morgan fingerprint density at radius 2 is 1.88 bits per heavy atom. The SMILES string of the molecule is CC1CCC(C=O)(CN2CCCC2(C)C)CC1. The summed E-state index contributed by atoms with van der Waals surface area (Å²) >= 11 is 0.